The summed E-state index contributed by atoms with van der Waals surface area (Å²) in [6, 6.07) is 2.21. The van der Waals surface area contributed by atoms with Crippen LogP contribution in [0.5, 0.6) is 0 Å². The average molecular weight is 289 g/mol. The van der Waals surface area contributed by atoms with Crippen molar-refractivity contribution in [1.29, 1.82) is 0 Å². The molecule has 1 N–H and O–H groups in total. The molecule has 0 radical (unpaired) electrons. The van der Waals surface area contributed by atoms with Crippen LogP contribution in [0.4, 0.5) is 0 Å². The van der Waals surface area contributed by atoms with Gasteiger partial charge in [-0.15, -0.1) is 11.3 Å². The van der Waals surface area contributed by atoms with E-state index in [9.17, 15) is 0 Å². The predicted octanol–water partition coefficient (Wildman–Crippen LogP) is 2.55. The van der Waals surface area contributed by atoms with E-state index in [4.69, 9.17) is 0 Å². The van der Waals surface area contributed by atoms with E-state index in [-0.39, 0.29) is 0 Å². The Morgan fingerprint density at radius 1 is 1.60 bits per heavy atom. The van der Waals surface area contributed by atoms with Crippen molar-refractivity contribution in [1.82, 2.24) is 10.2 Å². The molecule has 0 atom stereocenters. The van der Waals surface area contributed by atoms with Gasteiger partial charge in [0.15, 0.2) is 0 Å². The number of halogens is 1. The van der Waals surface area contributed by atoms with Crippen LogP contribution in [0.3, 0.4) is 0 Å². The Labute approximate surface area is 104 Å². The van der Waals surface area contributed by atoms with Gasteiger partial charge in [-0.3, -0.25) is 0 Å². The van der Waals surface area contributed by atoms with E-state index in [1.165, 1.54) is 35.4 Å². The van der Waals surface area contributed by atoms with Gasteiger partial charge in [-0.1, -0.05) is 0 Å². The minimum Gasteiger partial charge on any atom is -0.316 e. The smallest absolute Gasteiger partial charge is 0.0701 e. The molecule has 1 saturated heterocycles. The van der Waals surface area contributed by atoms with E-state index in [0.29, 0.717) is 0 Å². The van der Waals surface area contributed by atoms with Crippen LogP contribution in [-0.4, -0.2) is 31.6 Å². The number of rotatable bonds is 5. The molecule has 0 saturated carbocycles. The molecule has 2 nitrogen and oxygen atoms in total. The first-order valence-electron chi connectivity index (χ1n) is 5.36. The molecule has 0 amide bonds. The van der Waals surface area contributed by atoms with Crippen molar-refractivity contribution < 1.29 is 0 Å². The molecule has 0 unspecified atom stereocenters. The fourth-order valence-corrected chi connectivity index (χ4v) is 2.98. The molecular formula is C11H17BrN2S. The van der Waals surface area contributed by atoms with Gasteiger partial charge in [0.25, 0.3) is 0 Å². The lowest BCUT2D eigenvalue weighted by molar-refractivity contribution is 0.252. The summed E-state index contributed by atoms with van der Waals surface area (Å²) in [7, 11) is 2.21. The highest BCUT2D eigenvalue weighted by Crippen LogP contribution is 2.21. The zero-order valence-corrected chi connectivity index (χ0v) is 11.4. The maximum absolute atomic E-state index is 3.50. The van der Waals surface area contributed by atoms with E-state index < -0.39 is 0 Å². The lowest BCUT2D eigenvalue weighted by Gasteiger charge is -2.28. The highest BCUT2D eigenvalue weighted by atomic mass is 79.9. The van der Waals surface area contributed by atoms with Gasteiger partial charge >= 0.3 is 0 Å². The van der Waals surface area contributed by atoms with Crippen LogP contribution in [0.25, 0.3) is 0 Å². The second-order valence-electron chi connectivity index (χ2n) is 4.31. The third kappa shape index (κ3) is 3.55. The maximum Gasteiger partial charge on any atom is 0.0701 e. The van der Waals surface area contributed by atoms with Crippen LogP contribution in [0.1, 0.15) is 12.0 Å². The summed E-state index contributed by atoms with van der Waals surface area (Å²) in [6.45, 7) is 4.72. The van der Waals surface area contributed by atoms with Gasteiger partial charge in [0.1, 0.15) is 0 Å². The van der Waals surface area contributed by atoms with Crippen molar-refractivity contribution in [2.24, 2.45) is 5.92 Å². The maximum atomic E-state index is 3.50. The molecule has 2 rings (SSSR count). The fourth-order valence-electron chi connectivity index (χ4n) is 1.77. The van der Waals surface area contributed by atoms with Gasteiger partial charge in [0, 0.05) is 6.54 Å². The highest BCUT2D eigenvalue weighted by molar-refractivity contribution is 9.11. The third-order valence-corrected chi connectivity index (χ3v) is 4.41. The van der Waals surface area contributed by atoms with Crippen molar-refractivity contribution in [3.63, 3.8) is 0 Å². The molecule has 2 heterocycles. The Balaban J connectivity index is 1.69. The molecule has 15 heavy (non-hydrogen) atoms. The largest absolute Gasteiger partial charge is 0.316 e. The molecule has 4 heteroatoms. The van der Waals surface area contributed by atoms with Crippen molar-refractivity contribution in [2.45, 2.75) is 13.0 Å². The van der Waals surface area contributed by atoms with Gasteiger partial charge in [-0.05, 0) is 72.0 Å². The number of thiophene rings is 1. The van der Waals surface area contributed by atoms with E-state index in [0.717, 1.165) is 12.5 Å². The summed E-state index contributed by atoms with van der Waals surface area (Å²) in [6.07, 6.45) is 1.33. The predicted molar refractivity (Wildman–Crippen MR) is 69.3 cm³/mol. The zero-order valence-electron chi connectivity index (χ0n) is 9.00. The number of nitrogens with one attached hydrogen (secondary N) is 1. The van der Waals surface area contributed by atoms with Crippen molar-refractivity contribution in [3.05, 3.63) is 20.8 Å². The standard InChI is InChI=1S/C11H17BrN2S/c1-14(3-2-9-5-13-6-9)7-10-4-11(12)15-8-10/h4,8-9,13H,2-3,5-7H2,1H3. The Morgan fingerprint density at radius 2 is 2.40 bits per heavy atom. The van der Waals surface area contributed by atoms with Crippen molar-refractivity contribution in [2.75, 3.05) is 26.7 Å². The lowest BCUT2D eigenvalue weighted by Crippen LogP contribution is -2.43. The molecule has 1 aliphatic heterocycles. The topological polar surface area (TPSA) is 15.3 Å². The van der Waals surface area contributed by atoms with Crippen LogP contribution in [-0.2, 0) is 6.54 Å². The first-order valence-corrected chi connectivity index (χ1v) is 7.03. The molecule has 0 bridgehead atoms. The fraction of sp³-hybridized carbons (Fsp3) is 0.636. The Kier molecular flexibility index (Phi) is 4.20. The lowest BCUT2D eigenvalue weighted by atomic mass is 9.99. The summed E-state index contributed by atoms with van der Waals surface area (Å²) < 4.78 is 1.23. The van der Waals surface area contributed by atoms with E-state index in [2.05, 4.69) is 44.6 Å². The van der Waals surface area contributed by atoms with Crippen LogP contribution in [0.15, 0.2) is 15.2 Å². The van der Waals surface area contributed by atoms with Crippen molar-refractivity contribution in [3.8, 4) is 0 Å². The van der Waals surface area contributed by atoms with Gasteiger partial charge in [-0.2, -0.15) is 0 Å². The first kappa shape index (κ1) is 11.6. The van der Waals surface area contributed by atoms with Crippen LogP contribution in [0.2, 0.25) is 0 Å². The van der Waals surface area contributed by atoms with E-state index in [1.807, 2.05) is 0 Å². The van der Waals surface area contributed by atoms with Crippen LogP contribution < -0.4 is 5.32 Å². The van der Waals surface area contributed by atoms with E-state index >= 15 is 0 Å². The minimum absolute atomic E-state index is 0.918. The molecule has 1 aromatic heterocycles. The van der Waals surface area contributed by atoms with Gasteiger partial charge in [0.2, 0.25) is 0 Å². The van der Waals surface area contributed by atoms with Gasteiger partial charge in [0.05, 0.1) is 3.79 Å². The second kappa shape index (κ2) is 5.43. The van der Waals surface area contributed by atoms with Gasteiger partial charge < -0.3 is 10.2 Å². The molecule has 1 aromatic rings. The summed E-state index contributed by atoms with van der Waals surface area (Å²) in [5.41, 5.74) is 1.42. The zero-order chi connectivity index (χ0) is 10.7. The quantitative estimate of drug-likeness (QED) is 0.896. The summed E-state index contributed by atoms with van der Waals surface area (Å²) in [5, 5.41) is 5.54. The molecule has 0 aliphatic carbocycles. The molecule has 1 aliphatic rings. The number of hydrogen-bond donors (Lipinski definition) is 1. The summed E-state index contributed by atoms with van der Waals surface area (Å²) >= 11 is 5.26. The molecule has 0 spiro atoms. The van der Waals surface area contributed by atoms with E-state index in [1.54, 1.807) is 11.3 Å². The number of hydrogen-bond acceptors (Lipinski definition) is 3. The first-order chi connectivity index (χ1) is 7.24. The minimum atomic E-state index is 0.918. The Hall–Kier alpha value is 0.100. The van der Waals surface area contributed by atoms with Gasteiger partial charge in [-0.25, -0.2) is 0 Å². The third-order valence-electron chi connectivity index (χ3n) is 2.86. The monoisotopic (exact) mass is 288 g/mol. The Bertz CT molecular complexity index is 309. The molecule has 84 valence electrons. The Morgan fingerprint density at radius 3 is 2.93 bits per heavy atom. The second-order valence-corrected chi connectivity index (χ2v) is 6.60. The molecule has 0 aromatic carbocycles. The SMILES string of the molecule is CN(CCC1CNC1)Cc1csc(Br)c1. The average Bonchev–Trinajstić information content (AvgIpc) is 2.48. The van der Waals surface area contributed by atoms with Crippen LogP contribution in [0, 0.1) is 5.92 Å². The molecular weight excluding hydrogens is 272 g/mol. The summed E-state index contributed by atoms with van der Waals surface area (Å²) in [5.74, 6) is 0.918. The highest BCUT2D eigenvalue weighted by Gasteiger charge is 2.16. The normalized spacial score (nSPS) is 17.0. The summed E-state index contributed by atoms with van der Waals surface area (Å²) in [4.78, 5) is 2.41. The number of nitrogens with zero attached hydrogens (tertiary/aromatic N) is 1. The van der Waals surface area contributed by atoms with Crippen molar-refractivity contribution >= 4 is 27.3 Å². The molecule has 1 fully saturated rings. The van der Waals surface area contributed by atoms with Crippen LogP contribution >= 0.6 is 27.3 Å².